The van der Waals surface area contributed by atoms with Crippen LogP contribution in [0.1, 0.15) is 41.0 Å². The Kier molecular flexibility index (Phi) is 7.02. The lowest BCUT2D eigenvalue weighted by Gasteiger charge is -2.26. The summed E-state index contributed by atoms with van der Waals surface area (Å²) in [5, 5.41) is 2.72. The maximum absolute atomic E-state index is 13.1. The fraction of sp³-hybridized carbons (Fsp3) is 0.409. The number of alkyl halides is 6. The molecule has 1 fully saturated rings. The molecular formula is C22H21F6NO3. The van der Waals surface area contributed by atoms with Gasteiger partial charge in [0.2, 0.25) is 0 Å². The smallest absolute Gasteiger partial charge is 0.416 e. The highest BCUT2D eigenvalue weighted by atomic mass is 19.4. The second-order valence-corrected chi connectivity index (χ2v) is 7.52. The van der Waals surface area contributed by atoms with Crippen LogP contribution in [-0.4, -0.2) is 25.3 Å². The number of methoxy groups -OCH3 is 1. The molecule has 4 nitrogen and oxygen atoms in total. The highest BCUT2D eigenvalue weighted by molar-refractivity contribution is 5.67. The van der Waals surface area contributed by atoms with Gasteiger partial charge in [0, 0.05) is 12.0 Å². The van der Waals surface area contributed by atoms with Crippen molar-refractivity contribution in [3.8, 4) is 0 Å². The molecule has 1 aliphatic rings. The number of rotatable bonds is 5. The number of hydrogen-bond acceptors (Lipinski definition) is 3. The highest BCUT2D eigenvalue weighted by Crippen LogP contribution is 2.39. The summed E-state index contributed by atoms with van der Waals surface area (Å²) in [7, 11) is 1.22. The third-order valence-electron chi connectivity index (χ3n) is 5.38. The molecule has 0 radical (unpaired) electrons. The van der Waals surface area contributed by atoms with E-state index < -0.39 is 42.3 Å². The molecule has 0 bridgehead atoms. The van der Waals surface area contributed by atoms with Crippen molar-refractivity contribution in [2.45, 2.75) is 49.9 Å². The van der Waals surface area contributed by atoms with Crippen LogP contribution in [0.2, 0.25) is 0 Å². The molecule has 1 amide bonds. The van der Waals surface area contributed by atoms with Gasteiger partial charge in [0.15, 0.2) is 0 Å². The van der Waals surface area contributed by atoms with Crippen molar-refractivity contribution in [1.29, 1.82) is 0 Å². The molecule has 32 heavy (non-hydrogen) atoms. The number of ether oxygens (including phenoxy) is 2. The quantitative estimate of drug-likeness (QED) is 0.563. The number of nitrogens with one attached hydrogen (secondary N) is 1. The molecule has 0 heterocycles. The van der Waals surface area contributed by atoms with Gasteiger partial charge in [-0.25, -0.2) is 4.79 Å². The van der Waals surface area contributed by atoms with Crippen LogP contribution in [0.5, 0.6) is 0 Å². The Morgan fingerprint density at radius 2 is 1.56 bits per heavy atom. The van der Waals surface area contributed by atoms with Crippen molar-refractivity contribution in [1.82, 2.24) is 5.32 Å². The second-order valence-electron chi connectivity index (χ2n) is 7.52. The van der Waals surface area contributed by atoms with Crippen molar-refractivity contribution in [3.05, 3.63) is 70.8 Å². The van der Waals surface area contributed by atoms with Gasteiger partial charge in [0.25, 0.3) is 0 Å². The Morgan fingerprint density at radius 1 is 0.969 bits per heavy atom. The van der Waals surface area contributed by atoms with E-state index in [1.165, 1.54) is 7.11 Å². The van der Waals surface area contributed by atoms with Gasteiger partial charge < -0.3 is 14.8 Å². The van der Waals surface area contributed by atoms with E-state index in [1.807, 2.05) is 12.1 Å². The lowest BCUT2D eigenvalue weighted by Crippen LogP contribution is -2.38. The lowest BCUT2D eigenvalue weighted by molar-refractivity contribution is -0.143. The topological polar surface area (TPSA) is 47.6 Å². The van der Waals surface area contributed by atoms with Crippen molar-refractivity contribution in [2.24, 2.45) is 0 Å². The first-order chi connectivity index (χ1) is 15.0. The molecule has 0 spiro atoms. The minimum absolute atomic E-state index is 0.0855. The van der Waals surface area contributed by atoms with Crippen molar-refractivity contribution < 1.29 is 40.6 Å². The number of halogens is 6. The van der Waals surface area contributed by atoms with E-state index in [0.29, 0.717) is 25.0 Å². The maximum Gasteiger partial charge on any atom is 0.416 e. The predicted molar refractivity (Wildman–Crippen MR) is 103 cm³/mol. The molecule has 3 rings (SSSR count). The zero-order valence-corrected chi connectivity index (χ0v) is 17.0. The molecule has 1 N–H and O–H groups in total. The highest BCUT2D eigenvalue weighted by Gasteiger charge is 2.40. The van der Waals surface area contributed by atoms with Crippen molar-refractivity contribution in [2.75, 3.05) is 7.11 Å². The molecule has 3 atom stereocenters. The maximum atomic E-state index is 13.1. The number of carbonyl (C=O) groups excluding carboxylic acids is 1. The second kappa shape index (κ2) is 9.40. The van der Waals surface area contributed by atoms with E-state index >= 15 is 0 Å². The average molecular weight is 461 g/mol. The summed E-state index contributed by atoms with van der Waals surface area (Å²) in [6.45, 7) is -0.439. The summed E-state index contributed by atoms with van der Waals surface area (Å²) in [6.07, 6.45) is -10.0. The lowest BCUT2D eigenvalue weighted by atomic mass is 9.92. The fourth-order valence-electron chi connectivity index (χ4n) is 3.95. The van der Waals surface area contributed by atoms with Crippen molar-refractivity contribution in [3.63, 3.8) is 0 Å². The molecular weight excluding hydrogens is 440 g/mol. The molecule has 1 saturated carbocycles. The summed E-state index contributed by atoms with van der Waals surface area (Å²) >= 11 is 0. The Hall–Kier alpha value is -2.75. The Bertz CT molecular complexity index is 897. The Balaban J connectivity index is 1.84. The minimum atomic E-state index is -4.93. The van der Waals surface area contributed by atoms with Crippen LogP contribution in [0.3, 0.4) is 0 Å². The summed E-state index contributed by atoms with van der Waals surface area (Å²) in [5.41, 5.74) is -2.18. The van der Waals surface area contributed by atoms with E-state index in [4.69, 9.17) is 4.74 Å². The third-order valence-corrected chi connectivity index (χ3v) is 5.38. The predicted octanol–water partition coefficient (Wildman–Crippen LogP) is 5.91. The van der Waals surface area contributed by atoms with E-state index in [-0.39, 0.29) is 23.6 Å². The van der Waals surface area contributed by atoms with Crippen LogP contribution in [-0.2, 0) is 28.4 Å². The summed E-state index contributed by atoms with van der Waals surface area (Å²) in [4.78, 5) is 11.7. The third kappa shape index (κ3) is 5.73. The van der Waals surface area contributed by atoms with Gasteiger partial charge in [0.1, 0.15) is 0 Å². The van der Waals surface area contributed by atoms with Crippen LogP contribution in [0.4, 0.5) is 31.1 Å². The number of benzene rings is 2. The van der Waals surface area contributed by atoms with E-state index in [9.17, 15) is 31.1 Å². The number of amides is 1. The molecule has 3 unspecified atom stereocenters. The summed E-state index contributed by atoms with van der Waals surface area (Å²) in [5.74, 6) is -0.344. The number of hydrogen-bond donors (Lipinski definition) is 1. The van der Waals surface area contributed by atoms with Gasteiger partial charge in [-0.1, -0.05) is 30.3 Å². The van der Waals surface area contributed by atoms with E-state index in [1.54, 1.807) is 18.2 Å². The van der Waals surface area contributed by atoms with Gasteiger partial charge >= 0.3 is 18.4 Å². The standard InChI is InChI=1S/C22H21F6NO3/c1-31-20(30)29-17-7-8-18(19(17)14-5-3-2-4-6-14)32-12-13-9-15(21(23,24)25)11-16(10-13)22(26,27)28/h2-6,9-11,17-19H,7-8,12H2,1H3,(H,29,30). The van der Waals surface area contributed by atoms with Crippen LogP contribution >= 0.6 is 0 Å². The van der Waals surface area contributed by atoms with Crippen LogP contribution in [0, 0.1) is 0 Å². The van der Waals surface area contributed by atoms with E-state index in [2.05, 4.69) is 10.1 Å². The van der Waals surface area contributed by atoms with Gasteiger partial charge in [-0.2, -0.15) is 26.3 Å². The molecule has 0 aromatic heterocycles. The molecule has 0 aliphatic heterocycles. The van der Waals surface area contributed by atoms with Gasteiger partial charge in [0.05, 0.1) is 30.9 Å². The molecule has 2 aromatic carbocycles. The molecule has 0 saturated heterocycles. The number of carbonyl (C=O) groups is 1. The monoisotopic (exact) mass is 461 g/mol. The molecule has 10 heteroatoms. The molecule has 1 aliphatic carbocycles. The number of alkyl carbamates (subject to hydrolysis) is 1. The van der Waals surface area contributed by atoms with Crippen LogP contribution in [0.25, 0.3) is 0 Å². The van der Waals surface area contributed by atoms with Crippen LogP contribution < -0.4 is 5.32 Å². The Morgan fingerprint density at radius 3 is 2.09 bits per heavy atom. The minimum Gasteiger partial charge on any atom is -0.453 e. The first-order valence-corrected chi connectivity index (χ1v) is 9.78. The summed E-state index contributed by atoms with van der Waals surface area (Å²) in [6, 6.07) is 10.1. The average Bonchev–Trinajstić information content (AvgIpc) is 3.13. The normalized spacial score (nSPS) is 21.4. The van der Waals surface area contributed by atoms with Gasteiger partial charge in [-0.15, -0.1) is 0 Å². The fourth-order valence-corrected chi connectivity index (χ4v) is 3.95. The van der Waals surface area contributed by atoms with Gasteiger partial charge in [-0.3, -0.25) is 0 Å². The molecule has 174 valence electrons. The first kappa shape index (κ1) is 23.9. The summed E-state index contributed by atoms with van der Waals surface area (Å²) < 4.78 is 89.1. The SMILES string of the molecule is COC(=O)NC1CCC(OCc2cc(C(F)(F)F)cc(C(F)(F)F)c2)C1c1ccccc1. The Labute approximate surface area is 180 Å². The zero-order valence-electron chi connectivity index (χ0n) is 17.0. The first-order valence-electron chi connectivity index (χ1n) is 9.78. The van der Waals surface area contributed by atoms with Crippen molar-refractivity contribution >= 4 is 6.09 Å². The largest absolute Gasteiger partial charge is 0.453 e. The van der Waals surface area contributed by atoms with E-state index in [0.717, 1.165) is 5.56 Å². The molecule has 2 aromatic rings. The zero-order chi connectivity index (χ0) is 23.5. The van der Waals surface area contributed by atoms with Crippen LogP contribution in [0.15, 0.2) is 48.5 Å². The van der Waals surface area contributed by atoms with Gasteiger partial charge in [-0.05, 0) is 42.2 Å².